The van der Waals surface area contributed by atoms with E-state index in [9.17, 15) is 23.9 Å². The minimum atomic E-state index is -1.02. The third-order valence-electron chi connectivity index (χ3n) is 4.94. The van der Waals surface area contributed by atoms with Crippen LogP contribution in [-0.4, -0.2) is 39.1 Å². The number of phenols is 1. The smallest absolute Gasteiger partial charge is 0.305 e. The lowest BCUT2D eigenvalue weighted by atomic mass is 10.1. The van der Waals surface area contributed by atoms with Crippen molar-refractivity contribution in [3.63, 3.8) is 0 Å². The first-order valence-corrected chi connectivity index (χ1v) is 9.88. The maximum atomic E-state index is 14.1. The lowest BCUT2D eigenvalue weighted by molar-refractivity contribution is -0.136. The Balaban J connectivity index is 1.97. The molecule has 0 aliphatic heterocycles. The van der Waals surface area contributed by atoms with Crippen molar-refractivity contribution in [3.05, 3.63) is 64.1 Å². The molecule has 31 heavy (non-hydrogen) atoms. The first-order valence-electron chi connectivity index (χ1n) is 9.50. The van der Waals surface area contributed by atoms with Crippen LogP contribution in [0.4, 0.5) is 4.39 Å². The molecule has 0 fully saturated rings. The van der Waals surface area contributed by atoms with Crippen LogP contribution in [0.3, 0.4) is 0 Å². The van der Waals surface area contributed by atoms with Gasteiger partial charge in [-0.1, -0.05) is 17.7 Å². The van der Waals surface area contributed by atoms with Gasteiger partial charge in [-0.3, -0.25) is 19.0 Å². The molecule has 3 aromatic rings. The number of carboxylic acid groups (broad SMARTS) is 1. The van der Waals surface area contributed by atoms with Crippen LogP contribution in [0.5, 0.6) is 5.75 Å². The van der Waals surface area contributed by atoms with Gasteiger partial charge in [-0.25, -0.2) is 4.39 Å². The van der Waals surface area contributed by atoms with Crippen molar-refractivity contribution < 1.29 is 29.0 Å². The minimum Gasteiger partial charge on any atom is -0.505 e. The van der Waals surface area contributed by atoms with Gasteiger partial charge in [0, 0.05) is 40.7 Å². The van der Waals surface area contributed by atoms with Crippen molar-refractivity contribution in [3.8, 4) is 5.75 Å². The van der Waals surface area contributed by atoms with Gasteiger partial charge in [0.05, 0.1) is 11.9 Å². The molecule has 0 aliphatic carbocycles. The topological polar surface area (TPSA) is 109 Å². The summed E-state index contributed by atoms with van der Waals surface area (Å²) in [5, 5.41) is 21.9. The van der Waals surface area contributed by atoms with Crippen molar-refractivity contribution >= 4 is 40.3 Å². The monoisotopic (exact) mass is 446 g/mol. The molecule has 0 unspecified atom stereocenters. The third kappa shape index (κ3) is 4.86. The van der Waals surface area contributed by atoms with Crippen molar-refractivity contribution in [2.45, 2.75) is 26.2 Å². The first-order chi connectivity index (χ1) is 14.7. The molecule has 3 rings (SSSR count). The van der Waals surface area contributed by atoms with Crippen molar-refractivity contribution in [1.82, 2.24) is 9.88 Å². The Morgan fingerprint density at radius 1 is 1.16 bits per heavy atom. The standard InChI is InChI=1S/C22H20ClFN2O5/c1-12-15(5-6-20(28)25-8-7-21(29)30)16-10-19(27)17(24)11-18(16)26(12)22(31)13-3-2-4-14(23)9-13/h2-4,9-11,27H,5-8H2,1H3,(H,25,28)(H,29,30). The van der Waals surface area contributed by atoms with Gasteiger partial charge in [-0.15, -0.1) is 0 Å². The molecule has 0 radical (unpaired) electrons. The predicted octanol–water partition coefficient (Wildman–Crippen LogP) is 3.66. The van der Waals surface area contributed by atoms with Gasteiger partial charge in [0.2, 0.25) is 5.91 Å². The molecule has 1 amide bonds. The highest BCUT2D eigenvalue weighted by atomic mass is 35.5. The summed E-state index contributed by atoms with van der Waals surface area (Å²) in [6.45, 7) is 1.68. The number of aliphatic carboxylic acids is 1. The number of aromatic hydroxyl groups is 1. The Kier molecular flexibility index (Phi) is 6.60. The average Bonchev–Trinajstić information content (AvgIpc) is 2.96. The van der Waals surface area contributed by atoms with Crippen LogP contribution in [0, 0.1) is 12.7 Å². The number of rotatable bonds is 7. The van der Waals surface area contributed by atoms with Gasteiger partial charge in [-0.05, 0) is 43.2 Å². The van der Waals surface area contributed by atoms with Crippen LogP contribution in [0.25, 0.3) is 10.9 Å². The maximum Gasteiger partial charge on any atom is 0.305 e. The molecule has 9 heteroatoms. The number of hydrogen-bond donors (Lipinski definition) is 3. The zero-order chi connectivity index (χ0) is 22.7. The Morgan fingerprint density at radius 2 is 1.90 bits per heavy atom. The summed E-state index contributed by atoms with van der Waals surface area (Å²) in [7, 11) is 0. The van der Waals surface area contributed by atoms with Crippen LogP contribution in [0.15, 0.2) is 36.4 Å². The average molecular weight is 447 g/mol. The number of carbonyl (C=O) groups excluding carboxylic acids is 2. The van der Waals surface area contributed by atoms with E-state index in [2.05, 4.69) is 5.32 Å². The number of nitrogens with zero attached hydrogens (tertiary/aromatic N) is 1. The Bertz CT molecular complexity index is 1190. The van der Waals surface area contributed by atoms with Crippen molar-refractivity contribution in [2.75, 3.05) is 6.54 Å². The summed E-state index contributed by atoms with van der Waals surface area (Å²) >= 11 is 6.00. The van der Waals surface area contributed by atoms with Crippen LogP contribution in [-0.2, 0) is 16.0 Å². The number of halogens is 2. The van der Waals surface area contributed by atoms with Gasteiger partial charge in [0.1, 0.15) is 0 Å². The molecule has 0 saturated carbocycles. The Labute approximate surface area is 182 Å². The van der Waals surface area contributed by atoms with Gasteiger partial charge < -0.3 is 15.5 Å². The van der Waals surface area contributed by atoms with E-state index >= 15 is 0 Å². The normalized spacial score (nSPS) is 10.9. The van der Waals surface area contributed by atoms with Gasteiger partial charge in [0.25, 0.3) is 5.91 Å². The molecular formula is C22H20ClFN2O5. The molecule has 1 heterocycles. The summed E-state index contributed by atoms with van der Waals surface area (Å²) in [5.74, 6) is -3.23. The molecule has 1 aromatic heterocycles. The summed E-state index contributed by atoms with van der Waals surface area (Å²) in [6, 6.07) is 8.66. The fourth-order valence-corrected chi connectivity index (χ4v) is 3.64. The number of amides is 1. The highest BCUT2D eigenvalue weighted by Gasteiger charge is 2.22. The SMILES string of the molecule is Cc1c(CCC(=O)NCCC(=O)O)c2cc(O)c(F)cc2n1C(=O)c1cccc(Cl)c1. The van der Waals surface area contributed by atoms with Gasteiger partial charge >= 0.3 is 5.97 Å². The zero-order valence-electron chi connectivity index (χ0n) is 16.6. The molecule has 0 bridgehead atoms. The van der Waals surface area contributed by atoms with E-state index in [4.69, 9.17) is 16.7 Å². The van der Waals surface area contributed by atoms with E-state index in [1.54, 1.807) is 25.1 Å². The van der Waals surface area contributed by atoms with Crippen molar-refractivity contribution in [1.29, 1.82) is 0 Å². The van der Waals surface area contributed by atoms with E-state index < -0.39 is 23.4 Å². The largest absolute Gasteiger partial charge is 0.505 e. The van der Waals surface area contributed by atoms with Gasteiger partial charge in [0.15, 0.2) is 11.6 Å². The van der Waals surface area contributed by atoms with E-state index in [-0.39, 0.29) is 37.2 Å². The van der Waals surface area contributed by atoms with Gasteiger partial charge in [-0.2, -0.15) is 0 Å². The Hall–Kier alpha value is -3.39. The minimum absolute atomic E-state index is 0.00810. The van der Waals surface area contributed by atoms with Crippen LogP contribution < -0.4 is 5.32 Å². The number of aromatic nitrogens is 1. The molecule has 0 aliphatic rings. The fraction of sp³-hybridized carbons (Fsp3) is 0.227. The lowest BCUT2D eigenvalue weighted by Crippen LogP contribution is -2.26. The van der Waals surface area contributed by atoms with E-state index in [1.807, 2.05) is 0 Å². The van der Waals surface area contributed by atoms with E-state index in [0.717, 1.165) is 6.07 Å². The van der Waals surface area contributed by atoms with Crippen LogP contribution in [0.1, 0.15) is 34.5 Å². The number of carbonyl (C=O) groups is 3. The van der Waals surface area contributed by atoms with Crippen LogP contribution in [0.2, 0.25) is 5.02 Å². The number of fused-ring (bicyclic) bond motifs is 1. The van der Waals surface area contributed by atoms with Crippen molar-refractivity contribution in [2.24, 2.45) is 0 Å². The molecular weight excluding hydrogens is 427 g/mol. The first kappa shape index (κ1) is 22.3. The molecule has 0 saturated heterocycles. The number of benzene rings is 2. The maximum absolute atomic E-state index is 14.1. The second kappa shape index (κ2) is 9.18. The van der Waals surface area contributed by atoms with E-state index in [1.165, 1.54) is 16.7 Å². The molecule has 7 nitrogen and oxygen atoms in total. The number of carboxylic acids is 1. The van der Waals surface area contributed by atoms with Crippen LogP contribution >= 0.6 is 11.6 Å². The highest BCUT2D eigenvalue weighted by molar-refractivity contribution is 6.31. The quantitative estimate of drug-likeness (QED) is 0.513. The summed E-state index contributed by atoms with van der Waals surface area (Å²) < 4.78 is 15.4. The molecule has 0 atom stereocenters. The zero-order valence-corrected chi connectivity index (χ0v) is 17.4. The number of hydrogen-bond acceptors (Lipinski definition) is 4. The molecule has 2 aromatic carbocycles. The molecule has 0 spiro atoms. The second-order valence-electron chi connectivity index (χ2n) is 7.03. The number of nitrogens with one attached hydrogen (secondary N) is 1. The second-order valence-corrected chi connectivity index (χ2v) is 7.47. The summed E-state index contributed by atoms with van der Waals surface area (Å²) in [5.41, 5.74) is 1.68. The Morgan fingerprint density at radius 3 is 2.58 bits per heavy atom. The molecule has 162 valence electrons. The fourth-order valence-electron chi connectivity index (χ4n) is 3.45. The number of phenolic OH excluding ortho intramolecular Hbond substituents is 1. The highest BCUT2D eigenvalue weighted by Crippen LogP contribution is 2.32. The predicted molar refractivity (Wildman–Crippen MR) is 113 cm³/mol. The molecule has 3 N–H and O–H groups in total. The summed E-state index contributed by atoms with van der Waals surface area (Å²) in [4.78, 5) is 35.8. The lowest BCUT2D eigenvalue weighted by Gasteiger charge is -2.08. The number of aryl methyl sites for hydroxylation is 1. The van der Waals surface area contributed by atoms with E-state index in [0.29, 0.717) is 27.2 Å². The summed E-state index contributed by atoms with van der Waals surface area (Å²) in [6.07, 6.45) is 0.0521. The third-order valence-corrected chi connectivity index (χ3v) is 5.18.